The van der Waals surface area contributed by atoms with Crippen LogP contribution in [0.15, 0.2) is 82.6 Å². The molecule has 0 atom stereocenters. The summed E-state index contributed by atoms with van der Waals surface area (Å²) in [6.07, 6.45) is 1.60. The number of benzene rings is 2. The maximum absolute atomic E-state index is 13.2. The van der Waals surface area contributed by atoms with Crippen LogP contribution in [0.4, 0.5) is 10.1 Å². The molecule has 168 valence electrons. The number of nitrogens with zero attached hydrogens (tertiary/aromatic N) is 5. The van der Waals surface area contributed by atoms with Crippen molar-refractivity contribution in [1.82, 2.24) is 19.7 Å². The van der Waals surface area contributed by atoms with E-state index in [1.807, 2.05) is 45.9 Å². The average Bonchev–Trinajstić information content (AvgIpc) is 3.54. The summed E-state index contributed by atoms with van der Waals surface area (Å²) in [4.78, 5) is 16.9. The van der Waals surface area contributed by atoms with Crippen LogP contribution in [0.2, 0.25) is 0 Å². The van der Waals surface area contributed by atoms with Crippen LogP contribution in [0.1, 0.15) is 0 Å². The molecule has 1 fully saturated rings. The molecule has 7 nitrogen and oxygen atoms in total. The summed E-state index contributed by atoms with van der Waals surface area (Å²) in [6.45, 7) is 2.68. The predicted octanol–water partition coefficient (Wildman–Crippen LogP) is 4.11. The Kier molecular flexibility index (Phi) is 6.12. The molecule has 0 spiro atoms. The normalized spacial score (nSPS) is 14.0. The molecule has 0 aliphatic carbocycles. The molecule has 2 aromatic heterocycles. The molecule has 0 unspecified atom stereocenters. The van der Waals surface area contributed by atoms with Gasteiger partial charge in [-0.3, -0.25) is 9.36 Å². The number of furan rings is 1. The molecule has 2 aromatic carbocycles. The fraction of sp³-hybridized carbons (Fsp3) is 0.208. The van der Waals surface area contributed by atoms with Crippen molar-refractivity contribution in [3.8, 4) is 17.3 Å². The van der Waals surface area contributed by atoms with Crippen LogP contribution in [0, 0.1) is 5.82 Å². The van der Waals surface area contributed by atoms with Crippen molar-refractivity contribution in [2.45, 2.75) is 5.16 Å². The minimum absolute atomic E-state index is 0.0564. The van der Waals surface area contributed by atoms with E-state index in [4.69, 9.17) is 4.42 Å². The number of hydrogen-bond donors (Lipinski definition) is 0. The van der Waals surface area contributed by atoms with Crippen LogP contribution in [-0.2, 0) is 4.79 Å². The highest BCUT2D eigenvalue weighted by Crippen LogP contribution is 2.28. The van der Waals surface area contributed by atoms with Crippen molar-refractivity contribution in [2.24, 2.45) is 0 Å². The minimum atomic E-state index is -0.247. The Morgan fingerprint density at radius 3 is 2.36 bits per heavy atom. The number of carbonyl (C=O) groups excluding carboxylic acids is 1. The molecule has 4 aromatic rings. The van der Waals surface area contributed by atoms with Crippen LogP contribution in [0.3, 0.4) is 0 Å². The highest BCUT2D eigenvalue weighted by molar-refractivity contribution is 7.99. The second-order valence-corrected chi connectivity index (χ2v) is 8.53. The number of aromatic nitrogens is 3. The van der Waals surface area contributed by atoms with E-state index in [1.54, 1.807) is 24.5 Å². The molecule has 1 aliphatic heterocycles. The number of amides is 1. The van der Waals surface area contributed by atoms with Gasteiger partial charge in [-0.2, -0.15) is 0 Å². The lowest BCUT2D eigenvalue weighted by atomic mass is 10.2. The van der Waals surface area contributed by atoms with Crippen LogP contribution in [0.5, 0.6) is 0 Å². The quantitative estimate of drug-likeness (QED) is 0.401. The summed E-state index contributed by atoms with van der Waals surface area (Å²) in [7, 11) is 0. The molecule has 9 heteroatoms. The number of rotatable bonds is 6. The Hall–Kier alpha value is -3.59. The molecule has 1 aliphatic rings. The topological polar surface area (TPSA) is 67.4 Å². The van der Waals surface area contributed by atoms with Gasteiger partial charge < -0.3 is 14.2 Å². The standard InChI is InChI=1S/C24H22FN5O2S/c25-18-8-10-19(11-9-18)28-12-14-29(15-13-28)22(31)17-33-24-27-26-23(21-7-4-16-32-21)30(24)20-5-2-1-3-6-20/h1-11,16H,12-15,17H2. The first-order chi connectivity index (χ1) is 16.2. The number of anilines is 1. The summed E-state index contributed by atoms with van der Waals surface area (Å²) in [5, 5.41) is 9.28. The lowest BCUT2D eigenvalue weighted by Crippen LogP contribution is -2.49. The zero-order valence-electron chi connectivity index (χ0n) is 17.8. The van der Waals surface area contributed by atoms with Gasteiger partial charge in [0.15, 0.2) is 10.9 Å². The largest absolute Gasteiger partial charge is 0.461 e. The Balaban J connectivity index is 1.25. The summed E-state index contributed by atoms with van der Waals surface area (Å²) >= 11 is 1.36. The number of piperazine rings is 1. The van der Waals surface area contributed by atoms with E-state index in [1.165, 1.54) is 23.9 Å². The maximum Gasteiger partial charge on any atom is 0.233 e. The fourth-order valence-electron chi connectivity index (χ4n) is 3.82. The van der Waals surface area contributed by atoms with Gasteiger partial charge in [-0.05, 0) is 48.5 Å². The zero-order valence-corrected chi connectivity index (χ0v) is 18.6. The lowest BCUT2D eigenvalue weighted by Gasteiger charge is -2.36. The van der Waals surface area contributed by atoms with Crippen LogP contribution in [0.25, 0.3) is 17.3 Å². The first-order valence-electron chi connectivity index (χ1n) is 10.6. The Bertz CT molecular complexity index is 1200. The van der Waals surface area contributed by atoms with Gasteiger partial charge in [0.1, 0.15) is 5.82 Å². The molecule has 5 rings (SSSR count). The first kappa shape index (κ1) is 21.3. The average molecular weight is 464 g/mol. The minimum Gasteiger partial charge on any atom is -0.461 e. The number of hydrogen-bond acceptors (Lipinski definition) is 6. The van der Waals surface area contributed by atoms with Crippen molar-refractivity contribution in [1.29, 1.82) is 0 Å². The Morgan fingerprint density at radius 2 is 1.67 bits per heavy atom. The number of halogens is 1. The van der Waals surface area contributed by atoms with Gasteiger partial charge in [-0.1, -0.05) is 30.0 Å². The third-order valence-electron chi connectivity index (χ3n) is 5.54. The summed E-state index contributed by atoms with van der Waals surface area (Å²) in [5.74, 6) is 1.28. The zero-order chi connectivity index (χ0) is 22.6. The predicted molar refractivity (Wildman–Crippen MR) is 125 cm³/mol. The number of para-hydroxylation sites is 1. The second kappa shape index (κ2) is 9.50. The molecule has 1 amide bonds. The van der Waals surface area contributed by atoms with E-state index >= 15 is 0 Å². The molecular formula is C24H22FN5O2S. The van der Waals surface area contributed by atoms with Gasteiger partial charge in [0, 0.05) is 37.6 Å². The van der Waals surface area contributed by atoms with Crippen molar-refractivity contribution < 1.29 is 13.6 Å². The SMILES string of the molecule is O=C(CSc1nnc(-c2ccco2)n1-c1ccccc1)N1CCN(c2ccc(F)cc2)CC1. The second-order valence-electron chi connectivity index (χ2n) is 7.59. The Morgan fingerprint density at radius 1 is 0.909 bits per heavy atom. The summed E-state index contributed by atoms with van der Waals surface area (Å²) in [6, 6.07) is 19.9. The van der Waals surface area contributed by atoms with Crippen molar-refractivity contribution in [2.75, 3.05) is 36.8 Å². The summed E-state index contributed by atoms with van der Waals surface area (Å²) < 4.78 is 20.6. The van der Waals surface area contributed by atoms with Crippen LogP contribution in [-0.4, -0.2) is 57.5 Å². The highest BCUT2D eigenvalue weighted by atomic mass is 32.2. The van der Waals surface area contributed by atoms with Crippen LogP contribution >= 0.6 is 11.8 Å². The van der Waals surface area contributed by atoms with Gasteiger partial charge in [0.25, 0.3) is 0 Å². The van der Waals surface area contributed by atoms with E-state index in [-0.39, 0.29) is 17.5 Å². The highest BCUT2D eigenvalue weighted by Gasteiger charge is 2.23. The van der Waals surface area contributed by atoms with E-state index in [0.717, 1.165) is 11.4 Å². The number of carbonyl (C=O) groups is 1. The van der Waals surface area contributed by atoms with Crippen molar-refractivity contribution in [3.05, 3.63) is 78.8 Å². The smallest absolute Gasteiger partial charge is 0.233 e. The summed E-state index contributed by atoms with van der Waals surface area (Å²) in [5.41, 5.74) is 1.87. The molecule has 0 saturated carbocycles. The molecule has 3 heterocycles. The van der Waals surface area contributed by atoms with Gasteiger partial charge in [-0.15, -0.1) is 10.2 Å². The fourth-order valence-corrected chi connectivity index (χ4v) is 4.68. The molecular weight excluding hydrogens is 441 g/mol. The lowest BCUT2D eigenvalue weighted by molar-refractivity contribution is -0.128. The van der Waals surface area contributed by atoms with Crippen molar-refractivity contribution >= 4 is 23.4 Å². The van der Waals surface area contributed by atoms with E-state index < -0.39 is 0 Å². The molecule has 0 N–H and O–H groups in total. The van der Waals surface area contributed by atoms with Gasteiger partial charge in [0.05, 0.1) is 12.0 Å². The third kappa shape index (κ3) is 4.63. The maximum atomic E-state index is 13.2. The molecule has 0 radical (unpaired) electrons. The van der Waals surface area contributed by atoms with Gasteiger partial charge in [0.2, 0.25) is 11.7 Å². The van der Waals surface area contributed by atoms with E-state index in [0.29, 0.717) is 42.9 Å². The van der Waals surface area contributed by atoms with E-state index in [2.05, 4.69) is 15.1 Å². The number of thioether (sulfide) groups is 1. The van der Waals surface area contributed by atoms with Crippen molar-refractivity contribution in [3.63, 3.8) is 0 Å². The first-order valence-corrected chi connectivity index (χ1v) is 11.6. The third-order valence-corrected chi connectivity index (χ3v) is 6.45. The van der Waals surface area contributed by atoms with Crippen LogP contribution < -0.4 is 4.90 Å². The van der Waals surface area contributed by atoms with Gasteiger partial charge in [-0.25, -0.2) is 4.39 Å². The van der Waals surface area contributed by atoms with Gasteiger partial charge >= 0.3 is 0 Å². The van der Waals surface area contributed by atoms with E-state index in [9.17, 15) is 9.18 Å². The molecule has 1 saturated heterocycles. The molecule has 33 heavy (non-hydrogen) atoms. The monoisotopic (exact) mass is 463 g/mol. The molecule has 0 bridgehead atoms. The Labute approximate surface area is 194 Å².